The molecule has 7 nitrogen and oxygen atoms in total. The van der Waals surface area contributed by atoms with Crippen molar-refractivity contribution >= 4 is 38.6 Å². The molecule has 0 bridgehead atoms. The summed E-state index contributed by atoms with van der Waals surface area (Å²) in [5.41, 5.74) is -1.71. The number of benzene rings is 1. The smallest absolute Gasteiger partial charge is 0.336 e. The Morgan fingerprint density at radius 3 is 2.55 bits per heavy atom. The lowest BCUT2D eigenvalue weighted by Gasteiger charge is -2.20. The second kappa shape index (κ2) is 6.35. The fraction of sp³-hybridized carbons (Fsp3) is 0.364. The van der Waals surface area contributed by atoms with Gasteiger partial charge < -0.3 is 15.3 Å². The number of carbonyl (C=O) groups is 1. The molecule has 0 aliphatic heterocycles. The highest BCUT2D eigenvalue weighted by Crippen LogP contribution is 2.18. The SMILES string of the molecule is CC(O)(CO)CNS(=O)(=O)c1ccc(I)c(C(=O)O)c1. The minimum Gasteiger partial charge on any atom is -0.478 e. The van der Waals surface area contributed by atoms with Crippen LogP contribution in [0.25, 0.3) is 0 Å². The van der Waals surface area contributed by atoms with E-state index < -0.39 is 28.2 Å². The van der Waals surface area contributed by atoms with Crippen LogP contribution in [0.4, 0.5) is 0 Å². The maximum Gasteiger partial charge on any atom is 0.336 e. The number of hydrogen-bond acceptors (Lipinski definition) is 5. The Balaban J connectivity index is 3.05. The van der Waals surface area contributed by atoms with E-state index in [0.717, 1.165) is 6.07 Å². The van der Waals surface area contributed by atoms with E-state index in [0.29, 0.717) is 3.57 Å². The van der Waals surface area contributed by atoms with Gasteiger partial charge in [-0.1, -0.05) is 0 Å². The van der Waals surface area contributed by atoms with E-state index >= 15 is 0 Å². The molecule has 1 atom stereocenters. The normalized spacial score (nSPS) is 14.8. The van der Waals surface area contributed by atoms with Gasteiger partial charge in [-0.25, -0.2) is 17.9 Å². The predicted molar refractivity (Wildman–Crippen MR) is 79.0 cm³/mol. The lowest BCUT2D eigenvalue weighted by atomic mass is 10.1. The second-order valence-corrected chi connectivity index (χ2v) is 7.36. The molecular weight excluding hydrogens is 401 g/mol. The lowest BCUT2D eigenvalue weighted by molar-refractivity contribution is 0.00681. The molecule has 20 heavy (non-hydrogen) atoms. The number of carboxylic acids is 1. The molecule has 112 valence electrons. The molecule has 1 unspecified atom stereocenters. The quantitative estimate of drug-likeness (QED) is 0.486. The molecule has 0 aliphatic carbocycles. The Morgan fingerprint density at radius 2 is 2.05 bits per heavy atom. The number of aromatic carboxylic acids is 1. The highest BCUT2D eigenvalue weighted by atomic mass is 127. The Hall–Kier alpha value is -0.750. The van der Waals surface area contributed by atoms with Crippen molar-refractivity contribution in [1.29, 1.82) is 0 Å². The highest BCUT2D eigenvalue weighted by molar-refractivity contribution is 14.1. The summed E-state index contributed by atoms with van der Waals surface area (Å²) in [6.07, 6.45) is 0. The molecule has 4 N–H and O–H groups in total. The topological polar surface area (TPSA) is 124 Å². The third-order valence-electron chi connectivity index (χ3n) is 2.46. The van der Waals surface area contributed by atoms with Gasteiger partial charge in [0.05, 0.1) is 22.7 Å². The van der Waals surface area contributed by atoms with Crippen LogP contribution in [0, 0.1) is 3.57 Å². The van der Waals surface area contributed by atoms with Gasteiger partial charge in [-0.2, -0.15) is 0 Å². The van der Waals surface area contributed by atoms with Crippen molar-refractivity contribution in [2.45, 2.75) is 17.4 Å². The van der Waals surface area contributed by atoms with Gasteiger partial charge in [-0.05, 0) is 47.7 Å². The number of sulfonamides is 1. The molecule has 9 heteroatoms. The molecule has 0 radical (unpaired) electrons. The second-order valence-electron chi connectivity index (χ2n) is 4.43. The molecule has 0 saturated carbocycles. The minimum absolute atomic E-state index is 0.123. The summed E-state index contributed by atoms with van der Waals surface area (Å²) in [6.45, 7) is 0.273. The number of hydrogen-bond donors (Lipinski definition) is 4. The molecule has 0 saturated heterocycles. The van der Waals surface area contributed by atoms with Gasteiger partial charge in [-0.15, -0.1) is 0 Å². The number of halogens is 1. The summed E-state index contributed by atoms with van der Waals surface area (Å²) < 4.78 is 26.5. The molecule has 0 spiro atoms. The van der Waals surface area contributed by atoms with E-state index in [-0.39, 0.29) is 17.0 Å². The van der Waals surface area contributed by atoms with Gasteiger partial charge in [-0.3, -0.25) is 0 Å². The van der Waals surface area contributed by atoms with Gasteiger partial charge in [0.25, 0.3) is 0 Å². The summed E-state index contributed by atoms with van der Waals surface area (Å²) in [6, 6.07) is 3.69. The number of nitrogens with one attached hydrogen (secondary N) is 1. The van der Waals surface area contributed by atoms with Crippen molar-refractivity contribution in [1.82, 2.24) is 4.72 Å². The van der Waals surface area contributed by atoms with Crippen molar-refractivity contribution in [2.24, 2.45) is 0 Å². The first-order chi connectivity index (χ1) is 9.09. The lowest BCUT2D eigenvalue weighted by Crippen LogP contribution is -2.43. The van der Waals surface area contributed by atoms with Gasteiger partial charge in [0.15, 0.2) is 0 Å². The monoisotopic (exact) mass is 415 g/mol. The Labute approximate surface area is 129 Å². The number of aliphatic hydroxyl groups excluding tert-OH is 1. The Kier molecular flexibility index (Phi) is 5.49. The maximum absolute atomic E-state index is 12.0. The first-order valence-electron chi connectivity index (χ1n) is 5.45. The van der Waals surface area contributed by atoms with Crippen LogP contribution in [0.1, 0.15) is 17.3 Å². The summed E-state index contributed by atoms with van der Waals surface area (Å²) in [7, 11) is -3.96. The highest BCUT2D eigenvalue weighted by Gasteiger charge is 2.24. The van der Waals surface area contributed by atoms with Crippen molar-refractivity contribution in [2.75, 3.05) is 13.2 Å². The van der Waals surface area contributed by atoms with Crippen LogP contribution in [0.3, 0.4) is 0 Å². The fourth-order valence-corrected chi connectivity index (χ4v) is 2.98. The molecule has 0 fully saturated rings. The number of rotatable bonds is 6. The fourth-order valence-electron chi connectivity index (χ4n) is 1.23. The average Bonchev–Trinajstić information content (AvgIpc) is 2.36. The van der Waals surface area contributed by atoms with Crippen molar-refractivity contribution in [3.8, 4) is 0 Å². The summed E-state index contributed by atoms with van der Waals surface area (Å²) in [5, 5.41) is 27.4. The van der Waals surface area contributed by atoms with Crippen LogP contribution in [-0.4, -0.2) is 48.5 Å². The molecule has 0 amide bonds. The summed E-state index contributed by atoms with van der Waals surface area (Å²) >= 11 is 1.79. The van der Waals surface area contributed by atoms with Gasteiger partial charge in [0, 0.05) is 10.1 Å². The van der Waals surface area contributed by atoms with Crippen LogP contribution < -0.4 is 4.72 Å². The van der Waals surface area contributed by atoms with Gasteiger partial charge in [0.1, 0.15) is 0 Å². The molecule has 0 heterocycles. The standard InChI is InChI=1S/C11H14INO6S/c1-11(17,6-14)5-13-20(18,19)7-2-3-9(12)8(4-7)10(15)16/h2-4,13-14,17H,5-6H2,1H3,(H,15,16). The summed E-state index contributed by atoms with van der Waals surface area (Å²) in [4.78, 5) is 10.8. The zero-order valence-corrected chi connectivity index (χ0v) is 13.5. The van der Waals surface area contributed by atoms with E-state index in [1.54, 1.807) is 22.6 Å². The van der Waals surface area contributed by atoms with E-state index in [2.05, 4.69) is 4.72 Å². The van der Waals surface area contributed by atoms with Crippen molar-refractivity contribution in [3.63, 3.8) is 0 Å². The van der Waals surface area contributed by atoms with Crippen LogP contribution in [0.15, 0.2) is 23.1 Å². The van der Waals surface area contributed by atoms with Gasteiger partial charge in [0.2, 0.25) is 10.0 Å². The van der Waals surface area contributed by atoms with Crippen molar-refractivity contribution in [3.05, 3.63) is 27.3 Å². The van der Waals surface area contributed by atoms with E-state index in [1.807, 2.05) is 0 Å². The molecule has 0 aromatic heterocycles. The zero-order valence-electron chi connectivity index (χ0n) is 10.5. The van der Waals surface area contributed by atoms with E-state index in [4.69, 9.17) is 10.2 Å². The predicted octanol–water partition coefficient (Wildman–Crippen LogP) is 0.0110. The molecule has 1 rings (SSSR count). The van der Waals surface area contributed by atoms with Crippen LogP contribution in [0.5, 0.6) is 0 Å². The largest absolute Gasteiger partial charge is 0.478 e. The van der Waals surface area contributed by atoms with E-state index in [1.165, 1.54) is 19.1 Å². The zero-order chi connectivity index (χ0) is 15.6. The summed E-state index contributed by atoms with van der Waals surface area (Å²) in [5.74, 6) is -1.23. The van der Waals surface area contributed by atoms with Crippen LogP contribution in [0.2, 0.25) is 0 Å². The molecular formula is C11H14INO6S. The van der Waals surface area contributed by atoms with Crippen LogP contribution in [-0.2, 0) is 10.0 Å². The Morgan fingerprint density at radius 1 is 1.45 bits per heavy atom. The Bertz CT molecular complexity index is 613. The minimum atomic E-state index is -3.96. The van der Waals surface area contributed by atoms with Crippen molar-refractivity contribution < 1.29 is 28.5 Å². The maximum atomic E-state index is 12.0. The molecule has 0 aliphatic rings. The van der Waals surface area contributed by atoms with Crippen LogP contribution >= 0.6 is 22.6 Å². The third-order valence-corrected chi connectivity index (χ3v) is 4.80. The third kappa shape index (κ3) is 4.38. The number of carboxylic acid groups (broad SMARTS) is 1. The van der Waals surface area contributed by atoms with E-state index in [9.17, 15) is 18.3 Å². The molecule has 1 aromatic rings. The first-order valence-corrected chi connectivity index (χ1v) is 8.01. The molecule has 1 aromatic carbocycles. The average molecular weight is 415 g/mol. The number of aliphatic hydroxyl groups is 2. The first kappa shape index (κ1) is 17.3. The van der Waals surface area contributed by atoms with Gasteiger partial charge >= 0.3 is 5.97 Å².